The molecule has 0 bridgehead atoms. The van der Waals surface area contributed by atoms with Gasteiger partial charge in [0, 0.05) is 28.1 Å². The Morgan fingerprint density at radius 2 is 1.17 bits per heavy atom. The van der Waals surface area contributed by atoms with Crippen molar-refractivity contribution in [1.82, 2.24) is 0 Å². The lowest BCUT2D eigenvalue weighted by Crippen LogP contribution is -1.95. The second-order valence-corrected chi connectivity index (χ2v) is 12.3. The molecule has 1 aliphatic rings. The molecule has 1 heterocycles. The molecule has 8 aromatic carbocycles. The van der Waals surface area contributed by atoms with E-state index in [4.69, 9.17) is 4.42 Å². The number of hydrogen-bond acceptors (Lipinski definition) is 2. The highest BCUT2D eigenvalue weighted by Crippen LogP contribution is 2.50. The molecule has 0 atom stereocenters. The van der Waals surface area contributed by atoms with Crippen molar-refractivity contribution in [3.8, 4) is 39.8 Å². The first-order valence-electron chi connectivity index (χ1n) is 16.0. The Hall–Kier alpha value is -6.30. The summed E-state index contributed by atoms with van der Waals surface area (Å²) < 4.78 is 6.28. The Bertz CT molecular complexity index is 2830. The van der Waals surface area contributed by atoms with Crippen molar-refractivity contribution in [3.63, 3.8) is 0 Å². The van der Waals surface area contributed by atoms with Gasteiger partial charge >= 0.3 is 0 Å². The fourth-order valence-corrected chi connectivity index (χ4v) is 7.77. The molecule has 10 rings (SSSR count). The van der Waals surface area contributed by atoms with Crippen molar-refractivity contribution in [1.29, 1.82) is 0 Å². The van der Waals surface area contributed by atoms with Crippen LogP contribution in [0.15, 0.2) is 138 Å². The van der Waals surface area contributed by atoms with Crippen LogP contribution in [0.5, 0.6) is 5.75 Å². The second-order valence-electron chi connectivity index (χ2n) is 12.3. The number of phenols is 1. The first kappa shape index (κ1) is 26.0. The van der Waals surface area contributed by atoms with E-state index in [0.717, 1.165) is 60.2 Å². The molecule has 0 radical (unpaired) electrons. The Kier molecular flexibility index (Phi) is 5.44. The zero-order valence-electron chi connectivity index (χ0n) is 25.3. The van der Waals surface area contributed by atoms with Crippen LogP contribution in [0, 0.1) is 11.8 Å². The van der Waals surface area contributed by atoms with Gasteiger partial charge in [-0.05, 0) is 83.7 Å². The van der Waals surface area contributed by atoms with E-state index in [9.17, 15) is 5.11 Å². The molecule has 0 aliphatic heterocycles. The summed E-state index contributed by atoms with van der Waals surface area (Å²) >= 11 is 0. The fourth-order valence-electron chi connectivity index (χ4n) is 7.77. The van der Waals surface area contributed by atoms with Crippen LogP contribution in [0.3, 0.4) is 0 Å². The average Bonchev–Trinajstić information content (AvgIpc) is 3.33. The molecule has 2 heteroatoms. The van der Waals surface area contributed by atoms with E-state index in [1.165, 1.54) is 32.7 Å². The number of fused-ring (bicyclic) bond motifs is 9. The minimum Gasteiger partial charge on any atom is -0.504 e. The lowest BCUT2D eigenvalue weighted by Gasteiger charge is -2.21. The number of rotatable bonds is 2. The third-order valence-electron chi connectivity index (χ3n) is 9.76. The molecule has 218 valence electrons. The quantitative estimate of drug-likeness (QED) is 0.159. The molecule has 0 amide bonds. The van der Waals surface area contributed by atoms with Crippen molar-refractivity contribution in [3.05, 3.63) is 145 Å². The number of aromatic hydroxyl groups is 1. The van der Waals surface area contributed by atoms with Crippen LogP contribution in [0.25, 0.3) is 93.4 Å². The van der Waals surface area contributed by atoms with Crippen LogP contribution in [0.1, 0.15) is 17.5 Å². The van der Waals surface area contributed by atoms with Crippen LogP contribution < -0.4 is 0 Å². The second kappa shape index (κ2) is 9.85. The molecule has 0 saturated heterocycles. The Morgan fingerprint density at radius 3 is 1.91 bits per heavy atom. The van der Waals surface area contributed by atoms with E-state index < -0.39 is 0 Å². The third-order valence-corrected chi connectivity index (χ3v) is 9.76. The number of hydrogen-bond donors (Lipinski definition) is 1. The van der Waals surface area contributed by atoms with Gasteiger partial charge in [-0.15, -0.1) is 0 Å². The number of benzene rings is 8. The average molecular weight is 599 g/mol. The molecule has 47 heavy (non-hydrogen) atoms. The summed E-state index contributed by atoms with van der Waals surface area (Å²) in [5, 5.41) is 22.8. The van der Waals surface area contributed by atoms with Gasteiger partial charge in [-0.2, -0.15) is 0 Å². The maximum atomic E-state index is 12.1. The van der Waals surface area contributed by atoms with E-state index in [-0.39, 0.29) is 5.75 Å². The Balaban J connectivity index is 1.42. The highest BCUT2D eigenvalue weighted by atomic mass is 16.4. The van der Waals surface area contributed by atoms with Crippen molar-refractivity contribution >= 4 is 71.1 Å². The standard InChI is InChI=1S/C45H26O2/c46-44-43-30-17-3-1-2-14-28(30)25-37(38(43)26-39-31-18-10-11-24-40(31)47-45(39)44)42-35-21-8-6-19-33(35)41(34-20-7-9-22-36(34)42)32-23-12-15-27-13-4-5-16-29(27)32/h2,4-16,18-26,46H,1H2. The minimum absolute atomic E-state index is 0.136. The first-order chi connectivity index (χ1) is 23.3. The number of allylic oxidation sites excluding steroid dienone is 1. The van der Waals surface area contributed by atoms with Crippen molar-refractivity contribution in [2.75, 3.05) is 0 Å². The molecule has 0 unspecified atom stereocenters. The molecule has 0 spiro atoms. The molecule has 0 fully saturated rings. The summed E-state index contributed by atoms with van der Waals surface area (Å²) in [6.45, 7) is 0. The highest BCUT2D eigenvalue weighted by molar-refractivity contribution is 6.27. The van der Waals surface area contributed by atoms with Gasteiger partial charge in [0.05, 0.1) is 0 Å². The van der Waals surface area contributed by atoms with Crippen molar-refractivity contribution < 1.29 is 9.52 Å². The lowest BCUT2D eigenvalue weighted by molar-refractivity contribution is 0.475. The maximum absolute atomic E-state index is 12.1. The Labute approximate surface area is 270 Å². The SMILES string of the molecule is Oc1c2oc3ccccc3c2cc2c(-c3c4ccccc4c(-c4cccc5ccccc45)c4ccccc34)cc3c(c12)C#CCC=C3. The lowest BCUT2D eigenvalue weighted by atomic mass is 9.82. The molecule has 1 aliphatic carbocycles. The summed E-state index contributed by atoms with van der Waals surface area (Å²) in [6, 6.07) is 45.2. The summed E-state index contributed by atoms with van der Waals surface area (Å²) in [6.07, 6.45) is 4.89. The Morgan fingerprint density at radius 1 is 0.553 bits per heavy atom. The first-order valence-corrected chi connectivity index (χ1v) is 16.0. The molecule has 1 N–H and O–H groups in total. The van der Waals surface area contributed by atoms with Crippen LogP contribution in [0.2, 0.25) is 0 Å². The summed E-state index contributed by atoms with van der Waals surface area (Å²) in [4.78, 5) is 0. The zero-order valence-corrected chi connectivity index (χ0v) is 25.3. The van der Waals surface area contributed by atoms with Crippen molar-refractivity contribution in [2.24, 2.45) is 0 Å². The number of para-hydroxylation sites is 1. The predicted molar refractivity (Wildman–Crippen MR) is 197 cm³/mol. The summed E-state index contributed by atoms with van der Waals surface area (Å²) in [7, 11) is 0. The fraction of sp³-hybridized carbons (Fsp3) is 0.0222. The van der Waals surface area contributed by atoms with Gasteiger partial charge in [-0.3, -0.25) is 0 Å². The van der Waals surface area contributed by atoms with E-state index in [2.05, 4.69) is 133 Å². The van der Waals surface area contributed by atoms with Gasteiger partial charge in [-0.1, -0.05) is 133 Å². The van der Waals surface area contributed by atoms with Gasteiger partial charge in [-0.25, -0.2) is 0 Å². The van der Waals surface area contributed by atoms with E-state index in [1.54, 1.807) is 0 Å². The van der Waals surface area contributed by atoms with Crippen LogP contribution in [-0.4, -0.2) is 5.11 Å². The zero-order chi connectivity index (χ0) is 31.1. The van der Waals surface area contributed by atoms with E-state index in [0.29, 0.717) is 12.0 Å². The molecular weight excluding hydrogens is 572 g/mol. The van der Waals surface area contributed by atoms with Crippen molar-refractivity contribution in [2.45, 2.75) is 6.42 Å². The minimum atomic E-state index is 0.136. The van der Waals surface area contributed by atoms with Crippen LogP contribution in [-0.2, 0) is 0 Å². The van der Waals surface area contributed by atoms with E-state index >= 15 is 0 Å². The van der Waals surface area contributed by atoms with Gasteiger partial charge < -0.3 is 9.52 Å². The van der Waals surface area contributed by atoms with Crippen LogP contribution in [0.4, 0.5) is 0 Å². The predicted octanol–water partition coefficient (Wildman–Crippen LogP) is 12.0. The summed E-state index contributed by atoms with van der Waals surface area (Å²) in [5.41, 5.74) is 7.73. The van der Waals surface area contributed by atoms with Crippen LogP contribution >= 0.6 is 0 Å². The molecule has 9 aromatic rings. The van der Waals surface area contributed by atoms with Gasteiger partial charge in [0.2, 0.25) is 0 Å². The maximum Gasteiger partial charge on any atom is 0.177 e. The number of phenolic OH excluding ortho intramolecular Hbond substituents is 1. The third kappa shape index (κ3) is 3.69. The van der Waals surface area contributed by atoms with Gasteiger partial charge in [0.1, 0.15) is 5.58 Å². The van der Waals surface area contributed by atoms with Gasteiger partial charge in [0.15, 0.2) is 11.3 Å². The van der Waals surface area contributed by atoms with Gasteiger partial charge in [0.25, 0.3) is 0 Å². The highest BCUT2D eigenvalue weighted by Gasteiger charge is 2.24. The molecule has 2 nitrogen and oxygen atoms in total. The number of furan rings is 1. The van der Waals surface area contributed by atoms with E-state index in [1.807, 2.05) is 18.2 Å². The topological polar surface area (TPSA) is 33.4 Å². The molecule has 0 saturated carbocycles. The summed E-state index contributed by atoms with van der Waals surface area (Å²) in [5.74, 6) is 6.81. The monoisotopic (exact) mass is 598 g/mol. The smallest absolute Gasteiger partial charge is 0.177 e. The molecule has 1 aromatic heterocycles. The molecular formula is C45H26O2. The largest absolute Gasteiger partial charge is 0.504 e. The normalized spacial score (nSPS) is 12.6.